The van der Waals surface area contributed by atoms with Crippen LogP contribution in [0.25, 0.3) is 0 Å². The van der Waals surface area contributed by atoms with Gasteiger partial charge in [-0.3, -0.25) is 4.79 Å². The fourth-order valence-electron chi connectivity index (χ4n) is 2.28. The Kier molecular flexibility index (Phi) is 3.17. The summed E-state index contributed by atoms with van der Waals surface area (Å²) in [6.45, 7) is 4.18. The number of aliphatic hydroxyl groups excluding tert-OH is 1. The number of amides is 1. The van der Waals surface area contributed by atoms with Crippen molar-refractivity contribution in [3.8, 4) is 0 Å². The predicted molar refractivity (Wildman–Crippen MR) is 65.1 cm³/mol. The Bertz CT molecular complexity index is 468. The lowest BCUT2D eigenvalue weighted by Crippen LogP contribution is -2.09. The summed E-state index contributed by atoms with van der Waals surface area (Å²) in [5.74, 6) is 0.0147. The Morgan fingerprint density at radius 1 is 1.47 bits per heavy atom. The average molecular weight is 235 g/mol. The van der Waals surface area contributed by atoms with Crippen LogP contribution in [-0.4, -0.2) is 24.7 Å². The maximum Gasteiger partial charge on any atom is 0.228 e. The number of ether oxygens (including phenoxy) is 1. The van der Waals surface area contributed by atoms with Crippen molar-refractivity contribution >= 4 is 11.6 Å². The van der Waals surface area contributed by atoms with Crippen LogP contribution in [0.15, 0.2) is 6.07 Å². The number of rotatable bonds is 3. The van der Waals surface area contributed by atoms with Gasteiger partial charge >= 0.3 is 0 Å². The monoisotopic (exact) mass is 235 g/mol. The molecule has 1 heterocycles. The molecule has 0 aromatic heterocycles. The summed E-state index contributed by atoms with van der Waals surface area (Å²) in [5.41, 5.74) is 4.75. The first-order valence-electron chi connectivity index (χ1n) is 5.64. The van der Waals surface area contributed by atoms with Crippen molar-refractivity contribution in [2.24, 2.45) is 0 Å². The van der Waals surface area contributed by atoms with Gasteiger partial charge in [0.1, 0.15) is 6.10 Å². The van der Waals surface area contributed by atoms with Crippen molar-refractivity contribution in [1.82, 2.24) is 0 Å². The number of anilines is 1. The zero-order valence-electron chi connectivity index (χ0n) is 10.3. The highest BCUT2D eigenvalue weighted by atomic mass is 16.5. The first kappa shape index (κ1) is 12.1. The van der Waals surface area contributed by atoms with Crippen LogP contribution >= 0.6 is 0 Å². The van der Waals surface area contributed by atoms with Gasteiger partial charge in [0.05, 0.1) is 13.0 Å². The molecular weight excluding hydrogens is 218 g/mol. The van der Waals surface area contributed by atoms with Gasteiger partial charge in [0.2, 0.25) is 5.91 Å². The van der Waals surface area contributed by atoms with E-state index in [2.05, 4.69) is 5.32 Å². The van der Waals surface area contributed by atoms with Crippen LogP contribution in [0.4, 0.5) is 5.69 Å². The molecule has 4 nitrogen and oxygen atoms in total. The molecule has 1 aromatic rings. The highest BCUT2D eigenvalue weighted by Gasteiger charge is 2.24. The number of aliphatic hydroxyl groups is 1. The number of nitrogens with one attached hydrogen (secondary N) is 1. The van der Waals surface area contributed by atoms with Crippen LogP contribution in [0, 0.1) is 13.8 Å². The minimum Gasteiger partial charge on any atom is -0.386 e. The standard InChI is InChI=1S/C13H17NO3/c1-7-8(2)13-9(5-12(16)14-13)4-10(7)11(15)6-17-3/h4,11,15H,5-6H2,1-3H3,(H,14,16). The quantitative estimate of drug-likeness (QED) is 0.834. The molecule has 0 bridgehead atoms. The number of benzene rings is 1. The molecule has 92 valence electrons. The summed E-state index contributed by atoms with van der Waals surface area (Å²) in [5, 5.41) is 12.8. The summed E-state index contributed by atoms with van der Waals surface area (Å²) < 4.78 is 4.96. The van der Waals surface area contributed by atoms with Gasteiger partial charge in [0.25, 0.3) is 0 Å². The van der Waals surface area contributed by atoms with Crippen LogP contribution in [0.1, 0.15) is 28.4 Å². The maximum absolute atomic E-state index is 11.4. The minimum absolute atomic E-state index is 0.0147. The van der Waals surface area contributed by atoms with Crippen LogP contribution in [0.5, 0.6) is 0 Å². The lowest BCUT2D eigenvalue weighted by atomic mass is 9.94. The molecule has 0 saturated heterocycles. The molecule has 0 saturated carbocycles. The SMILES string of the molecule is COCC(O)c1cc2c(c(C)c1C)NC(=O)C2. The van der Waals surface area contributed by atoms with Crippen molar-refractivity contribution in [3.05, 3.63) is 28.3 Å². The third-order valence-corrected chi connectivity index (χ3v) is 3.32. The normalized spacial score (nSPS) is 15.6. The van der Waals surface area contributed by atoms with Crippen LogP contribution in [0.3, 0.4) is 0 Å². The highest BCUT2D eigenvalue weighted by molar-refractivity contribution is 6.00. The highest BCUT2D eigenvalue weighted by Crippen LogP contribution is 2.33. The van der Waals surface area contributed by atoms with Crippen molar-refractivity contribution in [1.29, 1.82) is 0 Å². The van der Waals surface area contributed by atoms with Crippen molar-refractivity contribution in [2.45, 2.75) is 26.4 Å². The van der Waals surface area contributed by atoms with E-state index in [1.54, 1.807) is 7.11 Å². The molecule has 1 atom stereocenters. The van der Waals surface area contributed by atoms with Gasteiger partial charge in [-0.15, -0.1) is 0 Å². The van der Waals surface area contributed by atoms with Gasteiger partial charge < -0.3 is 15.2 Å². The fourth-order valence-corrected chi connectivity index (χ4v) is 2.28. The molecule has 0 spiro atoms. The van der Waals surface area contributed by atoms with Gasteiger partial charge in [-0.05, 0) is 36.1 Å². The Labute approximate surface area is 101 Å². The Hall–Kier alpha value is -1.39. The second-order valence-corrected chi connectivity index (χ2v) is 4.45. The van der Waals surface area contributed by atoms with E-state index in [-0.39, 0.29) is 12.5 Å². The summed E-state index contributed by atoms with van der Waals surface area (Å²) in [6, 6.07) is 1.90. The van der Waals surface area contributed by atoms with E-state index in [4.69, 9.17) is 4.74 Å². The molecule has 1 aromatic carbocycles. The smallest absolute Gasteiger partial charge is 0.228 e. The van der Waals surface area contributed by atoms with Crippen LogP contribution in [0.2, 0.25) is 0 Å². The summed E-state index contributed by atoms with van der Waals surface area (Å²) in [7, 11) is 1.56. The van der Waals surface area contributed by atoms with E-state index < -0.39 is 6.10 Å². The number of carbonyl (C=O) groups is 1. The van der Waals surface area contributed by atoms with Crippen LogP contribution < -0.4 is 5.32 Å². The van der Waals surface area contributed by atoms with E-state index in [9.17, 15) is 9.90 Å². The summed E-state index contributed by atoms with van der Waals surface area (Å²) in [6.07, 6.45) is -0.247. The Morgan fingerprint density at radius 3 is 2.82 bits per heavy atom. The Balaban J connectivity index is 2.46. The van der Waals surface area contributed by atoms with Gasteiger partial charge in [-0.2, -0.15) is 0 Å². The second kappa shape index (κ2) is 4.47. The molecule has 17 heavy (non-hydrogen) atoms. The van der Waals surface area contributed by atoms with Gasteiger partial charge in [-0.1, -0.05) is 6.07 Å². The molecule has 0 aliphatic carbocycles. The molecule has 1 unspecified atom stereocenters. The molecule has 2 N–H and O–H groups in total. The number of hydrogen-bond donors (Lipinski definition) is 2. The second-order valence-electron chi connectivity index (χ2n) is 4.45. The molecule has 1 aliphatic rings. The number of fused-ring (bicyclic) bond motifs is 1. The third-order valence-electron chi connectivity index (χ3n) is 3.32. The van der Waals surface area contributed by atoms with E-state index >= 15 is 0 Å². The molecular formula is C13H17NO3. The molecule has 0 fully saturated rings. The lowest BCUT2D eigenvalue weighted by Gasteiger charge is -2.17. The molecule has 2 rings (SSSR count). The maximum atomic E-state index is 11.4. The van der Waals surface area contributed by atoms with Gasteiger partial charge in [0.15, 0.2) is 0 Å². The van der Waals surface area contributed by atoms with Crippen molar-refractivity contribution in [3.63, 3.8) is 0 Å². The van der Waals surface area contributed by atoms with Crippen molar-refractivity contribution < 1.29 is 14.6 Å². The number of hydrogen-bond acceptors (Lipinski definition) is 3. The van der Waals surface area contributed by atoms with E-state index in [0.717, 1.165) is 27.9 Å². The Morgan fingerprint density at radius 2 is 2.18 bits per heavy atom. The number of methoxy groups -OCH3 is 1. The first-order valence-corrected chi connectivity index (χ1v) is 5.64. The van der Waals surface area contributed by atoms with Crippen molar-refractivity contribution in [2.75, 3.05) is 19.0 Å². The third kappa shape index (κ3) is 2.06. The van der Waals surface area contributed by atoms with E-state index in [0.29, 0.717) is 6.42 Å². The molecule has 4 heteroatoms. The topological polar surface area (TPSA) is 58.6 Å². The van der Waals surface area contributed by atoms with Gasteiger partial charge in [0, 0.05) is 12.8 Å². The molecule has 1 aliphatic heterocycles. The fraction of sp³-hybridized carbons (Fsp3) is 0.462. The average Bonchev–Trinajstić information content (AvgIpc) is 2.65. The molecule has 0 radical (unpaired) electrons. The summed E-state index contributed by atoms with van der Waals surface area (Å²) >= 11 is 0. The number of carbonyl (C=O) groups excluding carboxylic acids is 1. The van der Waals surface area contributed by atoms with Gasteiger partial charge in [-0.25, -0.2) is 0 Å². The minimum atomic E-state index is -0.639. The van der Waals surface area contributed by atoms with Crippen LogP contribution in [-0.2, 0) is 16.0 Å². The summed E-state index contributed by atoms with van der Waals surface area (Å²) in [4.78, 5) is 11.4. The van der Waals surface area contributed by atoms with E-state index in [1.165, 1.54) is 0 Å². The van der Waals surface area contributed by atoms with E-state index in [1.807, 2.05) is 19.9 Å². The first-order chi connectivity index (χ1) is 8.04. The lowest BCUT2D eigenvalue weighted by molar-refractivity contribution is -0.115. The predicted octanol–water partition coefficient (Wildman–Crippen LogP) is 1.48. The zero-order valence-corrected chi connectivity index (χ0v) is 10.3. The largest absolute Gasteiger partial charge is 0.386 e. The zero-order chi connectivity index (χ0) is 12.6. The molecule has 1 amide bonds.